The van der Waals surface area contributed by atoms with E-state index in [4.69, 9.17) is 16.3 Å². The van der Waals surface area contributed by atoms with Crippen LogP contribution < -0.4 is 4.74 Å². The van der Waals surface area contributed by atoms with Crippen LogP contribution in [-0.2, 0) is 16.2 Å². The summed E-state index contributed by atoms with van der Waals surface area (Å²) in [6.07, 6.45) is 6.31. The first-order valence-electron chi connectivity index (χ1n) is 10.3. The number of nitro groups is 1. The number of rotatable bonds is 6. The molecule has 2 fully saturated rings. The van der Waals surface area contributed by atoms with Crippen molar-refractivity contribution in [3.63, 3.8) is 0 Å². The van der Waals surface area contributed by atoms with Gasteiger partial charge in [0, 0.05) is 22.7 Å². The monoisotopic (exact) mass is 529 g/mol. The van der Waals surface area contributed by atoms with Crippen molar-refractivity contribution >= 4 is 51.2 Å². The highest BCUT2D eigenvalue weighted by Gasteiger charge is 2.59. The number of non-ortho nitro benzene ring substituents is 1. The van der Waals surface area contributed by atoms with Gasteiger partial charge in [-0.05, 0) is 64.0 Å². The number of nitro benzene ring substituents is 1. The molecular formula is C23H17BrClN3O5. The molecule has 0 radical (unpaired) electrons. The molecular weight excluding hydrogens is 514 g/mol. The Kier molecular flexibility index (Phi) is 5.54. The summed E-state index contributed by atoms with van der Waals surface area (Å²) < 4.78 is 6.50. The molecule has 5 rings (SSSR count). The summed E-state index contributed by atoms with van der Waals surface area (Å²) >= 11 is 9.62. The zero-order valence-corrected chi connectivity index (χ0v) is 19.4. The maximum absolute atomic E-state index is 12.9. The van der Waals surface area contributed by atoms with Crippen LogP contribution >= 0.6 is 27.5 Å². The first kappa shape index (κ1) is 21.8. The lowest BCUT2D eigenvalue weighted by molar-refractivity contribution is -0.384. The van der Waals surface area contributed by atoms with Gasteiger partial charge in [0.1, 0.15) is 12.4 Å². The van der Waals surface area contributed by atoms with E-state index in [1.807, 2.05) is 12.2 Å². The summed E-state index contributed by atoms with van der Waals surface area (Å²) in [7, 11) is 0. The SMILES string of the molecule is O=C1[C@@H]2[C@H](C(=O)N1N=Cc1cc(Cl)cc(Br)c1OCc1ccc([N+](=O)[O-])cc1)[C@H]1C=C[C@H]2C1. The Morgan fingerprint density at radius 1 is 1.15 bits per heavy atom. The molecule has 0 aromatic heterocycles. The fourth-order valence-electron chi connectivity index (χ4n) is 4.82. The predicted molar refractivity (Wildman–Crippen MR) is 124 cm³/mol. The molecule has 10 heteroatoms. The first-order valence-corrected chi connectivity index (χ1v) is 11.5. The molecule has 1 aliphatic heterocycles. The largest absolute Gasteiger partial charge is 0.487 e. The van der Waals surface area contributed by atoms with Crippen molar-refractivity contribution in [3.05, 3.63) is 79.3 Å². The van der Waals surface area contributed by atoms with Crippen molar-refractivity contribution in [2.75, 3.05) is 0 Å². The normalized spacial score (nSPS) is 25.3. The molecule has 2 aromatic rings. The minimum atomic E-state index is -0.467. The van der Waals surface area contributed by atoms with E-state index in [0.717, 1.165) is 17.0 Å². The third kappa shape index (κ3) is 3.85. The van der Waals surface area contributed by atoms with Gasteiger partial charge in [-0.2, -0.15) is 10.1 Å². The summed E-state index contributed by atoms with van der Waals surface area (Å²) in [4.78, 5) is 36.1. The van der Waals surface area contributed by atoms with E-state index in [9.17, 15) is 19.7 Å². The minimum absolute atomic E-state index is 0.00685. The molecule has 33 heavy (non-hydrogen) atoms. The Bertz CT molecular complexity index is 1200. The van der Waals surface area contributed by atoms with Crippen molar-refractivity contribution in [2.45, 2.75) is 13.0 Å². The molecule has 2 aromatic carbocycles. The molecule has 0 unspecified atom stereocenters. The van der Waals surface area contributed by atoms with Gasteiger partial charge in [0.25, 0.3) is 17.5 Å². The van der Waals surface area contributed by atoms with Crippen LogP contribution in [0.15, 0.2) is 58.1 Å². The van der Waals surface area contributed by atoms with Crippen LogP contribution in [0.3, 0.4) is 0 Å². The minimum Gasteiger partial charge on any atom is -0.487 e. The average molecular weight is 531 g/mol. The lowest BCUT2D eigenvalue weighted by atomic mass is 9.85. The van der Waals surface area contributed by atoms with Crippen molar-refractivity contribution < 1.29 is 19.2 Å². The summed E-state index contributed by atoms with van der Waals surface area (Å²) in [5.41, 5.74) is 1.20. The molecule has 2 aliphatic carbocycles. The van der Waals surface area contributed by atoms with E-state index < -0.39 is 4.92 Å². The fourth-order valence-corrected chi connectivity index (χ4v) is 5.77. The number of hydrogen-bond donors (Lipinski definition) is 0. The third-order valence-corrected chi connectivity index (χ3v) is 7.13. The zero-order valence-electron chi connectivity index (χ0n) is 17.1. The lowest BCUT2D eigenvalue weighted by Crippen LogP contribution is -2.28. The van der Waals surface area contributed by atoms with E-state index in [0.29, 0.717) is 20.8 Å². The third-order valence-electron chi connectivity index (χ3n) is 6.33. The number of ether oxygens (including phenoxy) is 1. The maximum Gasteiger partial charge on any atom is 0.269 e. The topological polar surface area (TPSA) is 102 Å². The van der Waals surface area contributed by atoms with Gasteiger partial charge in [0.05, 0.1) is 27.4 Å². The Labute approximate surface area is 202 Å². The van der Waals surface area contributed by atoms with Crippen molar-refractivity contribution in [3.8, 4) is 5.75 Å². The number of amides is 2. The molecule has 1 saturated heterocycles. The highest BCUT2D eigenvalue weighted by atomic mass is 79.9. The zero-order chi connectivity index (χ0) is 23.3. The molecule has 1 heterocycles. The molecule has 8 nitrogen and oxygen atoms in total. The van der Waals surface area contributed by atoms with Crippen LogP contribution in [0, 0.1) is 33.8 Å². The van der Waals surface area contributed by atoms with Crippen LogP contribution in [-0.4, -0.2) is 28.0 Å². The predicted octanol–water partition coefficient (Wildman–Crippen LogP) is 4.73. The van der Waals surface area contributed by atoms with Crippen molar-refractivity contribution in [2.24, 2.45) is 28.8 Å². The molecule has 0 N–H and O–H groups in total. The van der Waals surface area contributed by atoms with E-state index in [1.165, 1.54) is 18.3 Å². The average Bonchev–Trinajstić information content (AvgIpc) is 3.46. The van der Waals surface area contributed by atoms with Gasteiger partial charge in [-0.1, -0.05) is 23.8 Å². The summed E-state index contributed by atoms with van der Waals surface area (Å²) in [6, 6.07) is 9.31. The number of carbonyl (C=O) groups excluding carboxylic acids is 2. The van der Waals surface area contributed by atoms with Gasteiger partial charge in [-0.25, -0.2) is 0 Å². The van der Waals surface area contributed by atoms with Crippen LogP contribution in [0.2, 0.25) is 5.02 Å². The number of carbonyl (C=O) groups is 2. The number of allylic oxidation sites excluding steroid dienone is 2. The second-order valence-electron chi connectivity index (χ2n) is 8.25. The number of halogens is 2. The number of fused-ring (bicyclic) bond motifs is 5. The van der Waals surface area contributed by atoms with E-state index in [1.54, 1.807) is 24.3 Å². The Morgan fingerprint density at radius 2 is 1.79 bits per heavy atom. The van der Waals surface area contributed by atoms with Gasteiger partial charge in [0.15, 0.2) is 0 Å². The molecule has 2 amide bonds. The fraction of sp³-hybridized carbons (Fsp3) is 0.261. The second kappa shape index (κ2) is 8.39. The van der Waals surface area contributed by atoms with Crippen molar-refractivity contribution in [1.82, 2.24) is 5.01 Å². The number of imide groups is 1. The van der Waals surface area contributed by atoms with Crippen LogP contribution in [0.1, 0.15) is 17.5 Å². The Morgan fingerprint density at radius 3 is 2.39 bits per heavy atom. The van der Waals surface area contributed by atoms with E-state index in [-0.39, 0.29) is 47.8 Å². The molecule has 1 saturated carbocycles. The highest BCUT2D eigenvalue weighted by molar-refractivity contribution is 9.10. The maximum atomic E-state index is 12.9. The van der Waals surface area contributed by atoms with Gasteiger partial charge >= 0.3 is 0 Å². The van der Waals surface area contributed by atoms with Crippen LogP contribution in [0.25, 0.3) is 0 Å². The van der Waals surface area contributed by atoms with Gasteiger partial charge < -0.3 is 4.74 Å². The number of hydrazone groups is 1. The lowest BCUT2D eigenvalue weighted by Gasteiger charge is -2.14. The molecule has 3 aliphatic rings. The van der Waals surface area contributed by atoms with E-state index in [2.05, 4.69) is 21.0 Å². The Hall–Kier alpha value is -3.04. The smallest absolute Gasteiger partial charge is 0.269 e. The Balaban J connectivity index is 1.36. The van der Waals surface area contributed by atoms with Gasteiger partial charge in [0.2, 0.25) is 0 Å². The second-order valence-corrected chi connectivity index (χ2v) is 9.54. The van der Waals surface area contributed by atoms with Gasteiger partial charge in [-0.3, -0.25) is 19.7 Å². The summed E-state index contributed by atoms with van der Waals surface area (Å²) in [5, 5.41) is 16.4. The highest BCUT2D eigenvalue weighted by Crippen LogP contribution is 2.52. The number of hydrogen-bond acceptors (Lipinski definition) is 6. The molecule has 0 spiro atoms. The standard InChI is InChI=1S/C23H17BrClN3O5/c24-18-9-16(25)8-15(21(18)33-11-12-1-5-17(6-2-12)28(31)32)10-26-27-22(29)19-13-3-4-14(7-13)20(19)23(27)30/h1-6,8-10,13-14,19-20H,7,11H2/t13-,14-,19-,20+/m0/s1. The number of benzene rings is 2. The van der Waals surface area contributed by atoms with Crippen LogP contribution in [0.4, 0.5) is 5.69 Å². The van der Waals surface area contributed by atoms with Crippen molar-refractivity contribution in [1.29, 1.82) is 0 Å². The van der Waals surface area contributed by atoms with Gasteiger partial charge in [-0.15, -0.1) is 0 Å². The van der Waals surface area contributed by atoms with Crippen LogP contribution in [0.5, 0.6) is 5.75 Å². The quantitative estimate of drug-likeness (QED) is 0.177. The van der Waals surface area contributed by atoms with E-state index >= 15 is 0 Å². The summed E-state index contributed by atoms with van der Waals surface area (Å²) in [6.45, 7) is 0.139. The first-order chi connectivity index (χ1) is 15.8. The molecule has 2 bridgehead atoms. The molecule has 4 atom stereocenters. The molecule has 168 valence electrons. The summed E-state index contributed by atoms with van der Waals surface area (Å²) in [5.74, 6) is -0.556. The number of nitrogens with zero attached hydrogens (tertiary/aromatic N) is 3.